The summed E-state index contributed by atoms with van der Waals surface area (Å²) in [6.07, 6.45) is 2.58. The topological polar surface area (TPSA) is 108 Å². The molecule has 3 aromatic heterocycles. The van der Waals surface area contributed by atoms with Crippen LogP contribution in [0.15, 0.2) is 65.6 Å². The van der Waals surface area contributed by atoms with Crippen LogP contribution >= 0.6 is 0 Å². The first-order valence-corrected chi connectivity index (χ1v) is 10.1. The molecule has 9 heteroatoms. The maximum atomic E-state index is 13.2. The fourth-order valence-electron chi connectivity index (χ4n) is 3.72. The molecule has 0 fully saturated rings. The van der Waals surface area contributed by atoms with Gasteiger partial charge >= 0.3 is 0 Å². The summed E-state index contributed by atoms with van der Waals surface area (Å²) in [5.41, 5.74) is 3.18. The molecule has 0 saturated heterocycles. The van der Waals surface area contributed by atoms with Crippen LogP contribution < -0.4 is 10.9 Å². The number of carbonyl (C=O) groups is 1. The molecule has 3 N–H and O–H groups in total. The number of nitrogens with zero attached hydrogens (tertiary/aromatic N) is 3. The fourth-order valence-corrected chi connectivity index (χ4v) is 3.72. The molecule has 0 saturated carbocycles. The van der Waals surface area contributed by atoms with Gasteiger partial charge in [-0.1, -0.05) is 18.2 Å². The van der Waals surface area contributed by atoms with Crippen molar-refractivity contribution in [2.45, 2.75) is 12.8 Å². The maximum Gasteiger partial charge on any atom is 0.290 e. The van der Waals surface area contributed by atoms with Gasteiger partial charge in [0, 0.05) is 29.2 Å². The van der Waals surface area contributed by atoms with Gasteiger partial charge in [0.2, 0.25) is 5.91 Å². The van der Waals surface area contributed by atoms with Gasteiger partial charge in [-0.25, -0.2) is 14.0 Å². The van der Waals surface area contributed by atoms with Gasteiger partial charge in [0.05, 0.1) is 12.1 Å². The highest BCUT2D eigenvalue weighted by Gasteiger charge is 2.15. The molecular weight excluding hydrogens is 411 g/mol. The Morgan fingerprint density at radius 3 is 2.78 bits per heavy atom. The third kappa shape index (κ3) is 3.76. The average Bonchev–Trinajstić information content (AvgIpc) is 3.42. The van der Waals surface area contributed by atoms with E-state index in [1.807, 2.05) is 30.5 Å². The summed E-state index contributed by atoms with van der Waals surface area (Å²) in [4.78, 5) is 27.9. The fraction of sp³-hybridized carbons (Fsp3) is 0.130. The number of aromatic amines is 2. The van der Waals surface area contributed by atoms with Gasteiger partial charge in [-0.05, 0) is 48.4 Å². The molecule has 0 radical (unpaired) electrons. The average molecular weight is 430 g/mol. The molecule has 5 rings (SSSR count). The highest BCUT2D eigenvalue weighted by atomic mass is 19.1. The van der Waals surface area contributed by atoms with Crippen molar-refractivity contribution in [1.29, 1.82) is 0 Å². The Hall–Kier alpha value is -4.27. The molecule has 0 atom stereocenters. The first-order chi connectivity index (χ1) is 15.6. The third-order valence-electron chi connectivity index (χ3n) is 5.32. The van der Waals surface area contributed by atoms with Crippen LogP contribution in [0.2, 0.25) is 0 Å². The number of hydrogen-bond acceptors (Lipinski definition) is 4. The molecule has 0 unspecified atom stereocenters. The van der Waals surface area contributed by atoms with Crippen molar-refractivity contribution in [2.75, 3.05) is 6.54 Å². The Morgan fingerprint density at radius 2 is 1.94 bits per heavy atom. The van der Waals surface area contributed by atoms with E-state index in [-0.39, 0.29) is 23.7 Å². The zero-order chi connectivity index (χ0) is 22.1. The first-order valence-electron chi connectivity index (χ1n) is 10.1. The Bertz CT molecular complexity index is 1480. The number of halogens is 1. The molecule has 5 aromatic rings. The van der Waals surface area contributed by atoms with E-state index >= 15 is 0 Å². The predicted molar refractivity (Wildman–Crippen MR) is 118 cm³/mol. The number of fused-ring (bicyclic) bond motifs is 2. The molecule has 160 valence electrons. The molecule has 32 heavy (non-hydrogen) atoms. The van der Waals surface area contributed by atoms with E-state index < -0.39 is 5.56 Å². The van der Waals surface area contributed by atoms with Gasteiger partial charge in [0.1, 0.15) is 11.3 Å². The van der Waals surface area contributed by atoms with E-state index in [0.29, 0.717) is 30.0 Å². The minimum Gasteiger partial charge on any atom is -0.361 e. The highest BCUT2D eigenvalue weighted by molar-refractivity contribution is 5.83. The maximum absolute atomic E-state index is 13.2. The van der Waals surface area contributed by atoms with Crippen LogP contribution in [0.3, 0.4) is 0 Å². The summed E-state index contributed by atoms with van der Waals surface area (Å²) in [5, 5.41) is 14.8. The van der Waals surface area contributed by atoms with Crippen LogP contribution in [-0.4, -0.2) is 37.2 Å². The monoisotopic (exact) mass is 430 g/mol. The smallest absolute Gasteiger partial charge is 0.290 e. The number of benzene rings is 2. The van der Waals surface area contributed by atoms with Crippen LogP contribution in [-0.2, 0) is 17.6 Å². The normalized spacial score (nSPS) is 11.3. The van der Waals surface area contributed by atoms with E-state index in [1.54, 1.807) is 18.2 Å². The van der Waals surface area contributed by atoms with Gasteiger partial charge < -0.3 is 10.3 Å². The van der Waals surface area contributed by atoms with Crippen molar-refractivity contribution in [3.05, 3.63) is 88.4 Å². The Balaban J connectivity index is 1.31. The molecule has 0 aliphatic carbocycles. The van der Waals surface area contributed by atoms with Gasteiger partial charge in [-0.3, -0.25) is 9.59 Å². The summed E-state index contributed by atoms with van der Waals surface area (Å²) in [6.45, 7) is 0.465. The lowest BCUT2D eigenvalue weighted by atomic mass is 10.1. The van der Waals surface area contributed by atoms with Crippen molar-refractivity contribution in [3.8, 4) is 11.3 Å². The molecule has 0 spiro atoms. The zero-order valence-electron chi connectivity index (χ0n) is 16.9. The lowest BCUT2D eigenvalue weighted by Crippen LogP contribution is -2.29. The van der Waals surface area contributed by atoms with E-state index in [2.05, 4.69) is 25.6 Å². The van der Waals surface area contributed by atoms with Gasteiger partial charge in [-0.15, -0.1) is 0 Å². The molecule has 1 amide bonds. The molecule has 0 bridgehead atoms. The highest BCUT2D eigenvalue weighted by Crippen LogP contribution is 2.20. The lowest BCUT2D eigenvalue weighted by Gasteiger charge is -2.06. The molecule has 0 aliphatic rings. The summed E-state index contributed by atoms with van der Waals surface area (Å²) < 4.78 is 14.6. The summed E-state index contributed by atoms with van der Waals surface area (Å²) in [7, 11) is 0. The van der Waals surface area contributed by atoms with Gasteiger partial charge in [-0.2, -0.15) is 10.2 Å². The van der Waals surface area contributed by atoms with E-state index in [9.17, 15) is 14.0 Å². The molecule has 0 aliphatic heterocycles. The Labute approximate surface area is 181 Å². The summed E-state index contributed by atoms with van der Waals surface area (Å²) in [5.74, 6) is -0.288. The lowest BCUT2D eigenvalue weighted by molar-refractivity contribution is -0.120. The Morgan fingerprint density at radius 1 is 1.12 bits per heavy atom. The summed E-state index contributed by atoms with van der Waals surface area (Å²) in [6, 6.07) is 15.4. The third-order valence-corrected chi connectivity index (χ3v) is 5.32. The zero-order valence-corrected chi connectivity index (χ0v) is 16.9. The van der Waals surface area contributed by atoms with E-state index in [1.165, 1.54) is 16.6 Å². The number of carbonyl (C=O) groups excluding carboxylic acids is 1. The number of hydrogen-bond donors (Lipinski definition) is 3. The molecular formula is C23H19FN6O2. The van der Waals surface area contributed by atoms with Gasteiger partial charge in [0.15, 0.2) is 5.82 Å². The predicted octanol–water partition coefficient (Wildman–Crippen LogP) is 2.61. The van der Waals surface area contributed by atoms with Crippen molar-refractivity contribution < 1.29 is 9.18 Å². The van der Waals surface area contributed by atoms with Crippen molar-refractivity contribution >= 4 is 22.3 Å². The van der Waals surface area contributed by atoms with Crippen LogP contribution in [0.5, 0.6) is 0 Å². The second-order valence-electron chi connectivity index (χ2n) is 7.44. The number of rotatable bonds is 6. The van der Waals surface area contributed by atoms with Crippen LogP contribution in [0.1, 0.15) is 11.4 Å². The van der Waals surface area contributed by atoms with E-state index in [4.69, 9.17) is 0 Å². The first kappa shape index (κ1) is 19.7. The number of amides is 1. The second kappa shape index (κ2) is 8.10. The standard InChI is InChI=1S/C23H19FN6O2/c24-16-7-5-14(6-8-16)19-11-20-23(32)28-27-21(30(20)29-19)12-22(31)25-10-9-15-13-26-18-4-2-1-3-17(15)18/h1-8,11,13,26H,9-10,12H2,(H,25,31)(H,28,32). The van der Waals surface area contributed by atoms with Crippen molar-refractivity contribution in [1.82, 2.24) is 30.1 Å². The summed E-state index contributed by atoms with van der Waals surface area (Å²) >= 11 is 0. The van der Waals surface area contributed by atoms with Crippen LogP contribution in [0.4, 0.5) is 4.39 Å². The quantitative estimate of drug-likeness (QED) is 0.385. The van der Waals surface area contributed by atoms with Crippen LogP contribution in [0.25, 0.3) is 27.7 Å². The number of aromatic nitrogens is 5. The molecule has 2 aromatic carbocycles. The number of nitrogens with one attached hydrogen (secondary N) is 3. The number of para-hydroxylation sites is 1. The Kier molecular flexibility index (Phi) is 4.98. The number of H-pyrrole nitrogens is 2. The minimum atomic E-state index is -0.422. The largest absolute Gasteiger partial charge is 0.361 e. The molecule has 8 nitrogen and oxygen atoms in total. The molecule has 3 heterocycles. The van der Waals surface area contributed by atoms with Crippen LogP contribution in [0, 0.1) is 5.82 Å². The van der Waals surface area contributed by atoms with Crippen molar-refractivity contribution in [2.24, 2.45) is 0 Å². The van der Waals surface area contributed by atoms with E-state index in [0.717, 1.165) is 16.5 Å². The second-order valence-corrected chi connectivity index (χ2v) is 7.44. The van der Waals surface area contributed by atoms with Gasteiger partial charge in [0.25, 0.3) is 5.56 Å². The van der Waals surface area contributed by atoms with Crippen molar-refractivity contribution in [3.63, 3.8) is 0 Å². The SMILES string of the molecule is O=C(Cc1n[nH]c(=O)c2cc(-c3ccc(F)cc3)nn12)NCCc1c[nH]c2ccccc12. The minimum absolute atomic E-state index is 0.0499.